The Morgan fingerprint density at radius 3 is 2.90 bits per heavy atom. The molecule has 2 aromatic rings. The molecule has 1 N–H and O–H groups in total. The Labute approximate surface area is 126 Å². The first-order chi connectivity index (χ1) is 9.60. The van der Waals surface area contributed by atoms with Gasteiger partial charge in [-0.3, -0.25) is 4.79 Å². The summed E-state index contributed by atoms with van der Waals surface area (Å²) in [6.07, 6.45) is 1.66. The number of pyridine rings is 1. The maximum Gasteiger partial charge on any atom is 0.251 e. The zero-order valence-corrected chi connectivity index (χ0v) is 12.9. The Hall–Kier alpha value is -1.88. The molecule has 0 saturated heterocycles. The maximum atomic E-state index is 12.2. The number of halogens is 1. The lowest BCUT2D eigenvalue weighted by molar-refractivity contribution is 0.0950. The third kappa shape index (κ3) is 3.57. The molecule has 1 aromatic carbocycles. The second kappa shape index (κ2) is 6.52. The van der Waals surface area contributed by atoms with Crippen LogP contribution in [-0.4, -0.2) is 18.0 Å². The number of aryl methyl sites for hydroxylation is 1. The Morgan fingerprint density at radius 1 is 1.35 bits per heavy atom. The van der Waals surface area contributed by atoms with Gasteiger partial charge in [-0.2, -0.15) is 0 Å². The van der Waals surface area contributed by atoms with Crippen LogP contribution in [-0.2, 0) is 6.54 Å². The normalized spacial score (nSPS) is 10.2. The summed E-state index contributed by atoms with van der Waals surface area (Å²) in [6, 6.07) is 9.29. The van der Waals surface area contributed by atoms with Crippen LogP contribution in [0.25, 0.3) is 0 Å². The summed E-state index contributed by atoms with van der Waals surface area (Å²) >= 11 is 3.37. The van der Waals surface area contributed by atoms with Crippen molar-refractivity contribution in [2.45, 2.75) is 13.5 Å². The standard InChI is InChI=1S/C15H15BrN2O2/c1-10-3-4-12(16)8-13(10)15(19)18-9-11-5-6-17-14(7-11)20-2/h3-8H,9H2,1-2H3,(H,18,19). The van der Waals surface area contributed by atoms with Gasteiger partial charge in [0.1, 0.15) is 0 Å². The lowest BCUT2D eigenvalue weighted by atomic mass is 10.1. The molecule has 20 heavy (non-hydrogen) atoms. The first-order valence-electron chi connectivity index (χ1n) is 6.13. The van der Waals surface area contributed by atoms with Gasteiger partial charge >= 0.3 is 0 Å². The van der Waals surface area contributed by atoms with Crippen LogP contribution in [0.2, 0.25) is 0 Å². The molecule has 2 rings (SSSR count). The van der Waals surface area contributed by atoms with E-state index in [2.05, 4.69) is 26.2 Å². The second-order valence-corrected chi connectivity index (χ2v) is 5.26. The largest absolute Gasteiger partial charge is 0.481 e. The van der Waals surface area contributed by atoms with Crippen molar-refractivity contribution in [1.29, 1.82) is 0 Å². The first kappa shape index (κ1) is 14.5. The zero-order chi connectivity index (χ0) is 14.5. The predicted molar refractivity (Wildman–Crippen MR) is 80.8 cm³/mol. The molecule has 1 aromatic heterocycles. The molecule has 5 heteroatoms. The molecule has 0 atom stereocenters. The lowest BCUT2D eigenvalue weighted by Crippen LogP contribution is -2.23. The number of nitrogens with one attached hydrogen (secondary N) is 1. The van der Waals surface area contributed by atoms with Crippen LogP contribution >= 0.6 is 15.9 Å². The summed E-state index contributed by atoms with van der Waals surface area (Å²) in [5.74, 6) is 0.440. The fourth-order valence-electron chi connectivity index (χ4n) is 1.79. The van der Waals surface area contributed by atoms with E-state index in [-0.39, 0.29) is 5.91 Å². The number of ether oxygens (including phenoxy) is 1. The number of carbonyl (C=O) groups excluding carboxylic acids is 1. The highest BCUT2D eigenvalue weighted by Crippen LogP contribution is 2.16. The number of nitrogens with zero attached hydrogens (tertiary/aromatic N) is 1. The van der Waals surface area contributed by atoms with Crippen LogP contribution in [0.5, 0.6) is 5.88 Å². The summed E-state index contributed by atoms with van der Waals surface area (Å²) in [7, 11) is 1.57. The molecule has 0 fully saturated rings. The van der Waals surface area contributed by atoms with E-state index >= 15 is 0 Å². The van der Waals surface area contributed by atoms with Crippen molar-refractivity contribution in [3.8, 4) is 5.88 Å². The van der Waals surface area contributed by atoms with Gasteiger partial charge in [-0.25, -0.2) is 4.98 Å². The van der Waals surface area contributed by atoms with Crippen molar-refractivity contribution >= 4 is 21.8 Å². The Balaban J connectivity index is 2.06. The van der Waals surface area contributed by atoms with Gasteiger partial charge in [-0.05, 0) is 36.2 Å². The number of rotatable bonds is 4. The third-order valence-electron chi connectivity index (χ3n) is 2.91. The molecule has 104 valence electrons. The first-order valence-corrected chi connectivity index (χ1v) is 6.92. The number of carbonyl (C=O) groups is 1. The van der Waals surface area contributed by atoms with E-state index in [1.54, 1.807) is 19.4 Å². The van der Waals surface area contributed by atoms with Gasteiger partial charge < -0.3 is 10.1 Å². The molecule has 0 aliphatic carbocycles. The van der Waals surface area contributed by atoms with Gasteiger partial charge in [0.15, 0.2) is 0 Å². The van der Waals surface area contributed by atoms with Gasteiger partial charge in [0.25, 0.3) is 5.91 Å². The molecule has 1 heterocycles. The predicted octanol–water partition coefficient (Wildman–Crippen LogP) is 3.09. The summed E-state index contributed by atoms with van der Waals surface area (Å²) in [5, 5.41) is 2.89. The number of aromatic nitrogens is 1. The van der Waals surface area contributed by atoms with Crippen molar-refractivity contribution in [2.24, 2.45) is 0 Å². The quantitative estimate of drug-likeness (QED) is 0.934. The highest BCUT2D eigenvalue weighted by Gasteiger charge is 2.09. The van der Waals surface area contributed by atoms with E-state index in [0.717, 1.165) is 15.6 Å². The molecule has 0 unspecified atom stereocenters. The summed E-state index contributed by atoms with van der Waals surface area (Å²) in [4.78, 5) is 16.2. The lowest BCUT2D eigenvalue weighted by Gasteiger charge is -2.09. The molecule has 0 radical (unpaired) electrons. The van der Waals surface area contributed by atoms with Gasteiger partial charge in [0.05, 0.1) is 7.11 Å². The number of benzene rings is 1. The molecule has 0 spiro atoms. The number of methoxy groups -OCH3 is 1. The number of hydrogen-bond acceptors (Lipinski definition) is 3. The Bertz CT molecular complexity index is 629. The molecule has 0 saturated carbocycles. The van der Waals surface area contributed by atoms with Gasteiger partial charge in [0.2, 0.25) is 5.88 Å². The van der Waals surface area contributed by atoms with Crippen LogP contribution < -0.4 is 10.1 Å². The fraction of sp³-hybridized carbons (Fsp3) is 0.200. The van der Waals surface area contributed by atoms with Gasteiger partial charge in [0, 0.05) is 28.8 Å². The average Bonchev–Trinajstić information content (AvgIpc) is 2.47. The van der Waals surface area contributed by atoms with Gasteiger partial charge in [-0.15, -0.1) is 0 Å². The summed E-state index contributed by atoms with van der Waals surface area (Å²) in [6.45, 7) is 2.35. The van der Waals surface area contributed by atoms with Crippen LogP contribution in [0, 0.1) is 6.92 Å². The molecule has 0 bridgehead atoms. The van der Waals surface area contributed by atoms with E-state index < -0.39 is 0 Å². The van der Waals surface area contributed by atoms with Crippen LogP contribution in [0.3, 0.4) is 0 Å². The maximum absolute atomic E-state index is 12.2. The molecular weight excluding hydrogens is 320 g/mol. The molecular formula is C15H15BrN2O2. The monoisotopic (exact) mass is 334 g/mol. The van der Waals surface area contributed by atoms with Crippen molar-refractivity contribution in [2.75, 3.05) is 7.11 Å². The smallest absolute Gasteiger partial charge is 0.251 e. The minimum atomic E-state index is -0.0976. The van der Waals surface area contributed by atoms with Crippen molar-refractivity contribution in [3.63, 3.8) is 0 Å². The van der Waals surface area contributed by atoms with Crippen molar-refractivity contribution < 1.29 is 9.53 Å². The summed E-state index contributed by atoms with van der Waals surface area (Å²) in [5.41, 5.74) is 2.55. The van der Waals surface area contributed by atoms with E-state index in [9.17, 15) is 4.79 Å². The van der Waals surface area contributed by atoms with Crippen molar-refractivity contribution in [3.05, 3.63) is 57.7 Å². The molecule has 1 amide bonds. The molecule has 0 aliphatic heterocycles. The van der Waals surface area contributed by atoms with E-state index in [4.69, 9.17) is 4.74 Å². The topological polar surface area (TPSA) is 51.2 Å². The third-order valence-corrected chi connectivity index (χ3v) is 3.40. The van der Waals surface area contributed by atoms with E-state index in [0.29, 0.717) is 18.0 Å². The van der Waals surface area contributed by atoms with Crippen LogP contribution in [0.4, 0.5) is 0 Å². The van der Waals surface area contributed by atoms with E-state index in [1.807, 2.05) is 31.2 Å². The molecule has 0 aliphatic rings. The average molecular weight is 335 g/mol. The Morgan fingerprint density at radius 2 is 2.15 bits per heavy atom. The minimum absolute atomic E-state index is 0.0976. The summed E-state index contributed by atoms with van der Waals surface area (Å²) < 4.78 is 5.94. The number of hydrogen-bond donors (Lipinski definition) is 1. The van der Waals surface area contributed by atoms with Crippen LogP contribution in [0.1, 0.15) is 21.5 Å². The zero-order valence-electron chi connectivity index (χ0n) is 11.3. The highest BCUT2D eigenvalue weighted by molar-refractivity contribution is 9.10. The fourth-order valence-corrected chi connectivity index (χ4v) is 2.15. The second-order valence-electron chi connectivity index (χ2n) is 4.35. The van der Waals surface area contributed by atoms with Crippen LogP contribution in [0.15, 0.2) is 41.0 Å². The number of amides is 1. The SMILES string of the molecule is COc1cc(CNC(=O)c2cc(Br)ccc2C)ccn1. The minimum Gasteiger partial charge on any atom is -0.481 e. The highest BCUT2D eigenvalue weighted by atomic mass is 79.9. The van der Waals surface area contributed by atoms with Gasteiger partial charge in [-0.1, -0.05) is 22.0 Å². The van der Waals surface area contributed by atoms with E-state index in [1.165, 1.54) is 0 Å². The Kier molecular flexibility index (Phi) is 4.74. The molecule has 4 nitrogen and oxygen atoms in total. The van der Waals surface area contributed by atoms with Crippen molar-refractivity contribution in [1.82, 2.24) is 10.3 Å².